The first-order chi connectivity index (χ1) is 10.3. The smallest absolute Gasteiger partial charge is 0.257 e. The molecule has 1 saturated heterocycles. The fourth-order valence-electron chi connectivity index (χ4n) is 3.35. The second-order valence-electron chi connectivity index (χ2n) is 5.85. The Labute approximate surface area is 124 Å². The molecule has 0 spiro atoms. The van der Waals surface area contributed by atoms with E-state index in [1.165, 1.54) is 25.7 Å². The van der Waals surface area contributed by atoms with Crippen molar-refractivity contribution in [2.75, 3.05) is 25.5 Å². The third-order valence-electron chi connectivity index (χ3n) is 4.42. The number of carbonyl (C=O) groups is 1. The Morgan fingerprint density at radius 3 is 2.86 bits per heavy atom. The summed E-state index contributed by atoms with van der Waals surface area (Å²) in [7, 11) is 1.58. The highest BCUT2D eigenvalue weighted by Gasteiger charge is 2.35. The third-order valence-corrected chi connectivity index (χ3v) is 4.42. The van der Waals surface area contributed by atoms with Crippen LogP contribution in [0.25, 0.3) is 0 Å². The Morgan fingerprint density at radius 1 is 1.33 bits per heavy atom. The first-order valence-corrected chi connectivity index (χ1v) is 7.66. The van der Waals surface area contributed by atoms with Gasteiger partial charge in [-0.15, -0.1) is 0 Å². The fraction of sp³-hybridized carbons (Fsp3) is 0.667. The van der Waals surface area contributed by atoms with Crippen molar-refractivity contribution in [2.45, 2.75) is 38.1 Å². The lowest BCUT2D eigenvalue weighted by molar-refractivity contribution is -0.129. The van der Waals surface area contributed by atoms with Gasteiger partial charge in [-0.25, -0.2) is 9.97 Å². The Bertz CT molecular complexity index is 502. The molecule has 2 fully saturated rings. The molecular weight excluding hydrogens is 268 g/mol. The number of hydrogen-bond donors (Lipinski definition) is 1. The van der Waals surface area contributed by atoms with Crippen LogP contribution in [-0.2, 0) is 4.79 Å². The molecule has 1 aromatic rings. The number of methoxy groups -OCH3 is 1. The van der Waals surface area contributed by atoms with Crippen LogP contribution in [0.15, 0.2) is 12.4 Å². The standard InChI is InChI=1S/C15H22N4O2/c1-21-15-14(16-6-7-17-15)18-9-11-8-13(20)19(10-11)12-4-2-3-5-12/h6-7,11-12H,2-5,8-10H2,1H3,(H,16,18). The summed E-state index contributed by atoms with van der Waals surface area (Å²) < 4.78 is 5.17. The van der Waals surface area contributed by atoms with E-state index in [4.69, 9.17) is 4.74 Å². The second kappa shape index (κ2) is 6.28. The van der Waals surface area contributed by atoms with Crippen LogP contribution in [0.5, 0.6) is 5.88 Å². The number of anilines is 1. The van der Waals surface area contributed by atoms with Crippen molar-refractivity contribution in [3.63, 3.8) is 0 Å². The van der Waals surface area contributed by atoms with Gasteiger partial charge in [0.1, 0.15) is 0 Å². The minimum absolute atomic E-state index is 0.305. The van der Waals surface area contributed by atoms with Crippen LogP contribution in [0.1, 0.15) is 32.1 Å². The number of ether oxygens (including phenoxy) is 1. The number of nitrogens with zero attached hydrogens (tertiary/aromatic N) is 3. The molecule has 1 amide bonds. The van der Waals surface area contributed by atoms with Crippen molar-refractivity contribution < 1.29 is 9.53 Å². The number of rotatable bonds is 5. The highest BCUT2D eigenvalue weighted by atomic mass is 16.5. The summed E-state index contributed by atoms with van der Waals surface area (Å²) in [5.41, 5.74) is 0. The van der Waals surface area contributed by atoms with Crippen molar-refractivity contribution in [1.29, 1.82) is 0 Å². The molecule has 1 aromatic heterocycles. The maximum absolute atomic E-state index is 12.2. The van der Waals surface area contributed by atoms with Gasteiger partial charge in [-0.3, -0.25) is 4.79 Å². The van der Waals surface area contributed by atoms with Crippen LogP contribution in [-0.4, -0.2) is 47.0 Å². The molecule has 6 heteroatoms. The number of likely N-dealkylation sites (tertiary alicyclic amines) is 1. The molecule has 6 nitrogen and oxygen atoms in total. The summed E-state index contributed by atoms with van der Waals surface area (Å²) in [5, 5.41) is 3.26. The molecule has 3 rings (SSSR count). The number of nitrogens with one attached hydrogen (secondary N) is 1. The molecule has 0 bridgehead atoms. The van der Waals surface area contributed by atoms with Crippen molar-refractivity contribution >= 4 is 11.7 Å². The molecule has 0 aromatic carbocycles. The lowest BCUT2D eigenvalue weighted by atomic mass is 10.1. The summed E-state index contributed by atoms with van der Waals surface area (Å²) in [4.78, 5) is 22.6. The molecule has 1 aliphatic heterocycles. The normalized spacial score (nSPS) is 22.8. The summed E-state index contributed by atoms with van der Waals surface area (Å²) in [6.07, 6.45) is 8.72. The van der Waals surface area contributed by atoms with Gasteiger partial charge in [0.05, 0.1) is 7.11 Å². The van der Waals surface area contributed by atoms with Crippen LogP contribution >= 0.6 is 0 Å². The van der Waals surface area contributed by atoms with Crippen molar-refractivity contribution in [1.82, 2.24) is 14.9 Å². The van der Waals surface area contributed by atoms with Crippen LogP contribution in [0, 0.1) is 5.92 Å². The van der Waals surface area contributed by atoms with E-state index in [-0.39, 0.29) is 0 Å². The number of carbonyl (C=O) groups excluding carboxylic acids is 1. The highest BCUT2D eigenvalue weighted by Crippen LogP contribution is 2.29. The van der Waals surface area contributed by atoms with Crippen molar-refractivity contribution in [3.8, 4) is 5.88 Å². The van der Waals surface area contributed by atoms with Crippen molar-refractivity contribution in [2.24, 2.45) is 5.92 Å². The predicted molar refractivity (Wildman–Crippen MR) is 79.1 cm³/mol. The van der Waals surface area contributed by atoms with Crippen LogP contribution < -0.4 is 10.1 Å². The van der Waals surface area contributed by atoms with E-state index >= 15 is 0 Å². The SMILES string of the molecule is COc1nccnc1NCC1CC(=O)N(C2CCCC2)C1. The van der Waals surface area contributed by atoms with Gasteiger partial charge in [-0.1, -0.05) is 12.8 Å². The van der Waals surface area contributed by atoms with Gasteiger partial charge in [0.2, 0.25) is 5.91 Å². The van der Waals surface area contributed by atoms with Gasteiger partial charge >= 0.3 is 0 Å². The fourth-order valence-corrected chi connectivity index (χ4v) is 3.35. The van der Waals surface area contributed by atoms with E-state index in [0.717, 1.165) is 13.1 Å². The first kappa shape index (κ1) is 14.1. The van der Waals surface area contributed by atoms with Crippen molar-refractivity contribution in [3.05, 3.63) is 12.4 Å². The molecule has 1 atom stereocenters. The predicted octanol–water partition coefficient (Wildman–Crippen LogP) is 1.69. The van der Waals surface area contributed by atoms with E-state index in [9.17, 15) is 4.79 Å². The summed E-state index contributed by atoms with van der Waals surface area (Å²) >= 11 is 0. The molecule has 1 aliphatic carbocycles. The zero-order valence-electron chi connectivity index (χ0n) is 12.4. The van der Waals surface area contributed by atoms with Gasteiger partial charge in [-0.05, 0) is 12.8 Å². The molecule has 2 aliphatic rings. The Kier molecular flexibility index (Phi) is 4.22. The average Bonchev–Trinajstić information content (AvgIpc) is 3.14. The number of hydrogen-bond acceptors (Lipinski definition) is 5. The molecule has 1 saturated carbocycles. The Hall–Kier alpha value is -1.85. The van der Waals surface area contributed by atoms with Gasteiger partial charge in [0.25, 0.3) is 5.88 Å². The first-order valence-electron chi connectivity index (χ1n) is 7.66. The zero-order chi connectivity index (χ0) is 14.7. The van der Waals surface area contributed by atoms with E-state index in [0.29, 0.717) is 36.0 Å². The lowest BCUT2D eigenvalue weighted by Crippen LogP contribution is -2.34. The molecule has 114 valence electrons. The summed E-state index contributed by atoms with van der Waals surface area (Å²) in [6.45, 7) is 1.59. The molecule has 1 unspecified atom stereocenters. The van der Waals surface area contributed by atoms with E-state index in [2.05, 4.69) is 20.2 Å². The number of amides is 1. The maximum atomic E-state index is 12.2. The van der Waals surface area contributed by atoms with Gasteiger partial charge in [0.15, 0.2) is 5.82 Å². The zero-order valence-corrected chi connectivity index (χ0v) is 12.4. The summed E-state index contributed by atoms with van der Waals surface area (Å²) in [6, 6.07) is 0.480. The topological polar surface area (TPSA) is 67.4 Å². The second-order valence-corrected chi connectivity index (χ2v) is 5.85. The van der Waals surface area contributed by atoms with Crippen LogP contribution in [0.3, 0.4) is 0 Å². The maximum Gasteiger partial charge on any atom is 0.257 e. The number of aromatic nitrogens is 2. The monoisotopic (exact) mass is 290 g/mol. The average molecular weight is 290 g/mol. The van der Waals surface area contributed by atoms with E-state index < -0.39 is 0 Å². The van der Waals surface area contributed by atoms with E-state index in [1.54, 1.807) is 19.5 Å². The molecule has 1 N–H and O–H groups in total. The van der Waals surface area contributed by atoms with Crippen LogP contribution in [0.4, 0.5) is 5.82 Å². The Balaban J connectivity index is 1.55. The molecular formula is C15H22N4O2. The van der Waals surface area contributed by atoms with E-state index in [1.807, 2.05) is 0 Å². The van der Waals surface area contributed by atoms with Gasteiger partial charge in [-0.2, -0.15) is 0 Å². The lowest BCUT2D eigenvalue weighted by Gasteiger charge is -2.24. The quantitative estimate of drug-likeness (QED) is 0.894. The molecule has 2 heterocycles. The summed E-state index contributed by atoms with van der Waals surface area (Å²) in [5.74, 6) is 1.78. The largest absolute Gasteiger partial charge is 0.478 e. The highest BCUT2D eigenvalue weighted by molar-refractivity contribution is 5.79. The van der Waals surface area contributed by atoms with Crippen LogP contribution in [0.2, 0.25) is 0 Å². The molecule has 21 heavy (non-hydrogen) atoms. The molecule has 0 radical (unpaired) electrons. The van der Waals surface area contributed by atoms with Gasteiger partial charge < -0.3 is 15.0 Å². The minimum atomic E-state index is 0.305. The van der Waals surface area contributed by atoms with Gasteiger partial charge in [0, 0.05) is 43.9 Å². The Morgan fingerprint density at radius 2 is 2.10 bits per heavy atom. The minimum Gasteiger partial charge on any atom is -0.478 e. The third kappa shape index (κ3) is 3.09.